The summed E-state index contributed by atoms with van der Waals surface area (Å²) in [4.78, 5) is 17.7. The van der Waals surface area contributed by atoms with Gasteiger partial charge in [0, 0.05) is 25.9 Å². The number of piperidine rings is 1. The average Bonchev–Trinajstić information content (AvgIpc) is 2.77. The number of nitrogens with zero attached hydrogens (tertiary/aromatic N) is 2. The fourth-order valence-corrected chi connectivity index (χ4v) is 2.63. The van der Waals surface area contributed by atoms with Crippen molar-refractivity contribution in [2.45, 2.75) is 44.6 Å². The summed E-state index contributed by atoms with van der Waals surface area (Å²) < 4.78 is 0. The lowest BCUT2D eigenvalue weighted by Gasteiger charge is -2.27. The number of likely N-dealkylation sites (N-methyl/N-ethyl adjacent to an activating group) is 1. The Morgan fingerprint density at radius 3 is 2.69 bits per heavy atom. The lowest BCUT2D eigenvalue weighted by molar-refractivity contribution is -0.132. The number of likely N-dealkylation sites (tertiary alicyclic amines) is 1. The van der Waals surface area contributed by atoms with Crippen LogP contribution in [0.3, 0.4) is 0 Å². The van der Waals surface area contributed by atoms with Gasteiger partial charge in [0.2, 0.25) is 5.91 Å². The van der Waals surface area contributed by atoms with E-state index in [1.165, 1.54) is 25.7 Å². The number of aliphatic imine (C=N–C) groups is 1. The Hall–Kier alpha value is -1.06. The molecule has 0 radical (unpaired) electrons. The Bertz CT molecular complexity index is 295. The third kappa shape index (κ3) is 2.54. The molecule has 16 heavy (non-hydrogen) atoms. The monoisotopic (exact) mass is 223 g/mol. The zero-order chi connectivity index (χ0) is 11.5. The van der Waals surface area contributed by atoms with Crippen LogP contribution in [-0.2, 0) is 4.79 Å². The summed E-state index contributed by atoms with van der Waals surface area (Å²) in [5.41, 5.74) is 6.04. The molecule has 4 nitrogen and oxygen atoms in total. The first-order chi connectivity index (χ1) is 7.66. The maximum atomic E-state index is 11.3. The molecule has 1 atom stereocenters. The summed E-state index contributed by atoms with van der Waals surface area (Å²) >= 11 is 0. The van der Waals surface area contributed by atoms with Crippen LogP contribution in [0.5, 0.6) is 0 Å². The van der Waals surface area contributed by atoms with Crippen molar-refractivity contribution in [3.05, 3.63) is 0 Å². The molecule has 4 heteroatoms. The molecular weight excluding hydrogens is 202 g/mol. The summed E-state index contributed by atoms with van der Waals surface area (Å²) in [7, 11) is 1.84. The number of rotatable bonds is 2. The first-order valence-corrected chi connectivity index (χ1v) is 6.24. The molecule has 1 unspecified atom stereocenters. The van der Waals surface area contributed by atoms with Gasteiger partial charge in [-0.3, -0.25) is 9.79 Å². The van der Waals surface area contributed by atoms with Crippen LogP contribution >= 0.6 is 0 Å². The fraction of sp³-hybridized carbons (Fsp3) is 0.833. The first-order valence-electron chi connectivity index (χ1n) is 6.24. The summed E-state index contributed by atoms with van der Waals surface area (Å²) in [6, 6.07) is 0.225. The normalized spacial score (nSPS) is 28.8. The summed E-state index contributed by atoms with van der Waals surface area (Å²) in [6.45, 7) is 0.728. The predicted molar refractivity (Wildman–Crippen MR) is 64.2 cm³/mol. The van der Waals surface area contributed by atoms with E-state index in [9.17, 15) is 4.79 Å². The van der Waals surface area contributed by atoms with Crippen molar-refractivity contribution in [3.8, 4) is 0 Å². The second-order valence-electron chi connectivity index (χ2n) is 5.00. The fourth-order valence-electron chi connectivity index (χ4n) is 2.63. The molecule has 0 spiro atoms. The van der Waals surface area contributed by atoms with Gasteiger partial charge in [0.25, 0.3) is 0 Å². The minimum absolute atomic E-state index is 0.225. The van der Waals surface area contributed by atoms with Crippen LogP contribution < -0.4 is 5.73 Å². The highest BCUT2D eigenvalue weighted by Gasteiger charge is 2.24. The molecule has 1 aliphatic heterocycles. The number of carbonyl (C=O) groups excluding carboxylic acids is 1. The van der Waals surface area contributed by atoms with Crippen LogP contribution in [0.2, 0.25) is 0 Å². The van der Waals surface area contributed by atoms with Gasteiger partial charge in [-0.2, -0.15) is 0 Å². The van der Waals surface area contributed by atoms with Crippen LogP contribution in [-0.4, -0.2) is 36.3 Å². The molecule has 1 saturated carbocycles. The van der Waals surface area contributed by atoms with E-state index in [0.717, 1.165) is 18.8 Å². The standard InChI is InChI=1S/C12H21N3O/c1-15-8-10(6-7-11(15)16)14-12(13)9-4-2-3-5-9/h9-10H,2-8H2,1H3,(H2,13,14). The van der Waals surface area contributed by atoms with Gasteiger partial charge in [0.15, 0.2) is 0 Å². The van der Waals surface area contributed by atoms with Crippen molar-refractivity contribution in [2.24, 2.45) is 16.6 Å². The first kappa shape index (κ1) is 11.4. The molecule has 2 aliphatic rings. The lowest BCUT2D eigenvalue weighted by atomic mass is 10.0. The van der Waals surface area contributed by atoms with E-state index in [2.05, 4.69) is 4.99 Å². The van der Waals surface area contributed by atoms with Crippen molar-refractivity contribution < 1.29 is 4.79 Å². The lowest BCUT2D eigenvalue weighted by Crippen LogP contribution is -2.40. The van der Waals surface area contributed by atoms with Crippen LogP contribution in [0, 0.1) is 5.92 Å². The third-order valence-electron chi connectivity index (χ3n) is 3.71. The van der Waals surface area contributed by atoms with E-state index >= 15 is 0 Å². The Morgan fingerprint density at radius 2 is 2.06 bits per heavy atom. The minimum Gasteiger partial charge on any atom is -0.387 e. The Kier molecular flexibility index (Phi) is 3.46. The number of nitrogens with two attached hydrogens (primary N) is 1. The molecule has 2 rings (SSSR count). The molecule has 2 N–H and O–H groups in total. The maximum Gasteiger partial charge on any atom is 0.222 e. The molecule has 1 aliphatic carbocycles. The summed E-state index contributed by atoms with van der Waals surface area (Å²) in [5, 5.41) is 0. The Balaban J connectivity index is 1.92. The van der Waals surface area contributed by atoms with Gasteiger partial charge in [-0.05, 0) is 19.3 Å². The van der Waals surface area contributed by atoms with Crippen LogP contribution in [0.25, 0.3) is 0 Å². The van der Waals surface area contributed by atoms with Gasteiger partial charge in [0.1, 0.15) is 0 Å². The van der Waals surface area contributed by atoms with E-state index in [1.807, 2.05) is 7.05 Å². The Labute approximate surface area is 96.9 Å². The second-order valence-corrected chi connectivity index (χ2v) is 5.00. The smallest absolute Gasteiger partial charge is 0.222 e. The Morgan fingerprint density at radius 1 is 1.38 bits per heavy atom. The molecule has 0 aromatic carbocycles. The van der Waals surface area contributed by atoms with Crippen LogP contribution in [0.4, 0.5) is 0 Å². The van der Waals surface area contributed by atoms with E-state index in [-0.39, 0.29) is 11.9 Å². The SMILES string of the molecule is CN1CC(N=C(N)C2CCCC2)CCC1=O. The predicted octanol–water partition coefficient (Wildman–Crippen LogP) is 1.15. The molecular formula is C12H21N3O. The zero-order valence-electron chi connectivity index (χ0n) is 9.98. The molecule has 0 aromatic rings. The molecule has 2 fully saturated rings. The number of amidine groups is 1. The van der Waals surface area contributed by atoms with Gasteiger partial charge in [-0.15, -0.1) is 0 Å². The topological polar surface area (TPSA) is 58.7 Å². The molecule has 0 aromatic heterocycles. The van der Waals surface area contributed by atoms with Crippen molar-refractivity contribution >= 4 is 11.7 Å². The molecule has 1 saturated heterocycles. The van der Waals surface area contributed by atoms with Crippen molar-refractivity contribution in [1.29, 1.82) is 0 Å². The summed E-state index contributed by atoms with van der Waals surface area (Å²) in [6.07, 6.45) is 6.42. The highest BCUT2D eigenvalue weighted by Crippen LogP contribution is 2.25. The number of amides is 1. The van der Waals surface area contributed by atoms with Gasteiger partial charge >= 0.3 is 0 Å². The van der Waals surface area contributed by atoms with Crippen molar-refractivity contribution in [1.82, 2.24) is 4.90 Å². The number of hydrogen-bond donors (Lipinski definition) is 1. The average molecular weight is 223 g/mol. The zero-order valence-corrected chi connectivity index (χ0v) is 9.98. The summed E-state index contributed by atoms with van der Waals surface area (Å²) in [5.74, 6) is 1.55. The van der Waals surface area contributed by atoms with Gasteiger partial charge in [-0.25, -0.2) is 0 Å². The van der Waals surface area contributed by atoms with E-state index in [1.54, 1.807) is 4.90 Å². The third-order valence-corrected chi connectivity index (χ3v) is 3.71. The highest BCUT2D eigenvalue weighted by molar-refractivity contribution is 5.83. The van der Waals surface area contributed by atoms with Gasteiger partial charge in [0.05, 0.1) is 11.9 Å². The molecule has 0 bridgehead atoms. The van der Waals surface area contributed by atoms with Crippen LogP contribution in [0.15, 0.2) is 4.99 Å². The van der Waals surface area contributed by atoms with E-state index < -0.39 is 0 Å². The minimum atomic E-state index is 0.225. The number of carbonyl (C=O) groups is 1. The van der Waals surface area contributed by atoms with Crippen molar-refractivity contribution in [3.63, 3.8) is 0 Å². The largest absolute Gasteiger partial charge is 0.387 e. The van der Waals surface area contributed by atoms with Crippen molar-refractivity contribution in [2.75, 3.05) is 13.6 Å². The van der Waals surface area contributed by atoms with E-state index in [4.69, 9.17) is 5.73 Å². The van der Waals surface area contributed by atoms with Crippen LogP contribution in [0.1, 0.15) is 38.5 Å². The van der Waals surface area contributed by atoms with Gasteiger partial charge in [-0.1, -0.05) is 12.8 Å². The van der Waals surface area contributed by atoms with Gasteiger partial charge < -0.3 is 10.6 Å². The highest BCUT2D eigenvalue weighted by atomic mass is 16.2. The second kappa shape index (κ2) is 4.85. The molecule has 1 amide bonds. The maximum absolute atomic E-state index is 11.3. The molecule has 90 valence electrons. The number of hydrogen-bond acceptors (Lipinski definition) is 2. The molecule has 1 heterocycles. The van der Waals surface area contributed by atoms with E-state index in [0.29, 0.717) is 12.3 Å². The quantitative estimate of drug-likeness (QED) is 0.564.